The molecular formula is C12H10ClFN2O2. The van der Waals surface area contributed by atoms with Crippen molar-refractivity contribution >= 4 is 11.6 Å². The molecule has 0 aliphatic heterocycles. The monoisotopic (exact) mass is 268 g/mol. The van der Waals surface area contributed by atoms with Gasteiger partial charge in [-0.2, -0.15) is 4.98 Å². The number of benzene rings is 1. The van der Waals surface area contributed by atoms with Gasteiger partial charge in [0.2, 0.25) is 5.88 Å². The number of aliphatic hydroxyl groups is 1. The van der Waals surface area contributed by atoms with Crippen LogP contribution in [0.15, 0.2) is 24.4 Å². The van der Waals surface area contributed by atoms with Crippen LogP contribution in [0.5, 0.6) is 11.6 Å². The van der Waals surface area contributed by atoms with E-state index in [4.69, 9.17) is 21.4 Å². The Morgan fingerprint density at radius 1 is 1.44 bits per heavy atom. The van der Waals surface area contributed by atoms with Gasteiger partial charge in [0.05, 0.1) is 17.2 Å². The Morgan fingerprint density at radius 2 is 2.22 bits per heavy atom. The fourth-order valence-electron chi connectivity index (χ4n) is 1.34. The first-order valence-corrected chi connectivity index (χ1v) is 5.55. The number of aliphatic hydroxyl groups excluding tert-OH is 1. The second-order valence-electron chi connectivity index (χ2n) is 3.56. The molecule has 4 nitrogen and oxygen atoms in total. The maximum Gasteiger partial charge on any atom is 0.228 e. The molecule has 0 fully saturated rings. The van der Waals surface area contributed by atoms with Gasteiger partial charge in [0.25, 0.3) is 0 Å². The molecule has 0 atom stereocenters. The van der Waals surface area contributed by atoms with Crippen LogP contribution in [-0.2, 0) is 6.61 Å². The zero-order valence-electron chi connectivity index (χ0n) is 9.52. The molecule has 0 radical (unpaired) electrons. The van der Waals surface area contributed by atoms with Gasteiger partial charge in [-0.15, -0.1) is 0 Å². The minimum absolute atomic E-state index is 0.0381. The van der Waals surface area contributed by atoms with Gasteiger partial charge in [-0.1, -0.05) is 17.7 Å². The van der Waals surface area contributed by atoms with Crippen molar-refractivity contribution in [3.8, 4) is 11.6 Å². The summed E-state index contributed by atoms with van der Waals surface area (Å²) in [6, 6.07) is 4.41. The molecule has 0 bridgehead atoms. The van der Waals surface area contributed by atoms with Crippen LogP contribution < -0.4 is 4.74 Å². The number of nitrogens with zero attached hydrogens (tertiary/aromatic N) is 2. The summed E-state index contributed by atoms with van der Waals surface area (Å²) < 4.78 is 19.0. The average Bonchev–Trinajstić information content (AvgIpc) is 2.35. The Balaban J connectivity index is 2.39. The average molecular weight is 269 g/mol. The SMILES string of the molecule is Cc1ncc(CO)c(Oc2cccc(Cl)c2F)n1. The van der Waals surface area contributed by atoms with Crippen LogP contribution in [0, 0.1) is 12.7 Å². The Labute approximate surface area is 108 Å². The van der Waals surface area contributed by atoms with Gasteiger partial charge in [-0.05, 0) is 19.1 Å². The highest BCUT2D eigenvalue weighted by Crippen LogP contribution is 2.29. The lowest BCUT2D eigenvalue weighted by molar-refractivity contribution is 0.273. The fourth-order valence-corrected chi connectivity index (χ4v) is 1.50. The molecule has 94 valence electrons. The number of aryl methyl sites for hydroxylation is 1. The van der Waals surface area contributed by atoms with Gasteiger partial charge >= 0.3 is 0 Å². The third-order valence-electron chi connectivity index (χ3n) is 2.24. The highest BCUT2D eigenvalue weighted by atomic mass is 35.5. The van der Waals surface area contributed by atoms with E-state index in [1.54, 1.807) is 13.0 Å². The van der Waals surface area contributed by atoms with E-state index in [-0.39, 0.29) is 23.3 Å². The number of hydrogen-bond donors (Lipinski definition) is 1. The molecule has 2 rings (SSSR count). The fraction of sp³-hybridized carbons (Fsp3) is 0.167. The first-order chi connectivity index (χ1) is 8.61. The summed E-state index contributed by atoms with van der Waals surface area (Å²) in [4.78, 5) is 7.93. The van der Waals surface area contributed by atoms with Crippen LogP contribution in [0.25, 0.3) is 0 Å². The molecule has 1 aromatic heterocycles. The van der Waals surface area contributed by atoms with E-state index in [0.717, 1.165) is 0 Å². The normalized spacial score (nSPS) is 10.4. The maximum atomic E-state index is 13.7. The molecule has 0 amide bonds. The summed E-state index contributed by atoms with van der Waals surface area (Å²) in [6.45, 7) is 1.38. The third-order valence-corrected chi connectivity index (χ3v) is 2.53. The molecule has 18 heavy (non-hydrogen) atoms. The van der Waals surface area contributed by atoms with Crippen LogP contribution in [0.1, 0.15) is 11.4 Å². The number of hydrogen-bond acceptors (Lipinski definition) is 4. The van der Waals surface area contributed by atoms with E-state index in [9.17, 15) is 4.39 Å². The summed E-state index contributed by atoms with van der Waals surface area (Å²) >= 11 is 5.65. The smallest absolute Gasteiger partial charge is 0.228 e. The van der Waals surface area contributed by atoms with Gasteiger partial charge in [0.1, 0.15) is 5.82 Å². The molecule has 0 unspecified atom stereocenters. The van der Waals surface area contributed by atoms with Crippen LogP contribution in [0.2, 0.25) is 5.02 Å². The molecule has 1 heterocycles. The summed E-state index contributed by atoms with van der Waals surface area (Å²) in [6.07, 6.45) is 1.43. The predicted molar refractivity (Wildman–Crippen MR) is 64.2 cm³/mol. The topological polar surface area (TPSA) is 55.2 Å². The molecule has 0 saturated carbocycles. The summed E-state index contributed by atoms with van der Waals surface area (Å²) in [7, 11) is 0. The largest absolute Gasteiger partial charge is 0.435 e. The van der Waals surface area contributed by atoms with Crippen LogP contribution in [-0.4, -0.2) is 15.1 Å². The molecule has 1 N–H and O–H groups in total. The van der Waals surface area contributed by atoms with Gasteiger partial charge in [-0.3, -0.25) is 0 Å². The summed E-state index contributed by atoms with van der Waals surface area (Å²) in [5, 5.41) is 9.09. The van der Waals surface area contributed by atoms with E-state index >= 15 is 0 Å². The van der Waals surface area contributed by atoms with Crippen LogP contribution in [0.4, 0.5) is 4.39 Å². The Kier molecular flexibility index (Phi) is 3.74. The van der Waals surface area contributed by atoms with Crippen molar-refractivity contribution in [1.29, 1.82) is 0 Å². The number of halogens is 2. The zero-order chi connectivity index (χ0) is 13.1. The molecule has 0 spiro atoms. The Bertz CT molecular complexity index is 578. The lowest BCUT2D eigenvalue weighted by Crippen LogP contribution is -2.00. The second kappa shape index (κ2) is 5.29. The lowest BCUT2D eigenvalue weighted by atomic mass is 10.3. The molecule has 2 aromatic rings. The van der Waals surface area contributed by atoms with Crippen LogP contribution >= 0.6 is 11.6 Å². The molecular weight excluding hydrogens is 259 g/mol. The first kappa shape index (κ1) is 12.7. The predicted octanol–water partition coefficient (Wildman–Crippen LogP) is 2.86. The Morgan fingerprint density at radius 3 is 2.94 bits per heavy atom. The molecule has 0 saturated heterocycles. The van der Waals surface area contributed by atoms with E-state index in [2.05, 4.69) is 9.97 Å². The van der Waals surface area contributed by atoms with Crippen molar-refractivity contribution in [3.63, 3.8) is 0 Å². The summed E-state index contributed by atoms with van der Waals surface area (Å²) in [5.74, 6) is -0.134. The number of ether oxygens (including phenoxy) is 1. The minimum atomic E-state index is -0.667. The third kappa shape index (κ3) is 2.57. The van der Waals surface area contributed by atoms with E-state index in [0.29, 0.717) is 11.4 Å². The van der Waals surface area contributed by atoms with E-state index < -0.39 is 5.82 Å². The molecule has 1 aromatic carbocycles. The maximum absolute atomic E-state index is 13.7. The second-order valence-corrected chi connectivity index (χ2v) is 3.97. The number of aromatic nitrogens is 2. The van der Waals surface area contributed by atoms with E-state index in [1.807, 2.05) is 0 Å². The molecule has 0 aliphatic carbocycles. The van der Waals surface area contributed by atoms with Crippen molar-refractivity contribution in [2.45, 2.75) is 13.5 Å². The minimum Gasteiger partial charge on any atom is -0.435 e. The lowest BCUT2D eigenvalue weighted by Gasteiger charge is -2.09. The van der Waals surface area contributed by atoms with Gasteiger partial charge in [0, 0.05) is 6.20 Å². The highest BCUT2D eigenvalue weighted by molar-refractivity contribution is 6.30. The van der Waals surface area contributed by atoms with Crippen LogP contribution in [0.3, 0.4) is 0 Å². The van der Waals surface area contributed by atoms with Crippen molar-refractivity contribution in [2.24, 2.45) is 0 Å². The van der Waals surface area contributed by atoms with Gasteiger partial charge in [-0.25, -0.2) is 9.37 Å². The van der Waals surface area contributed by atoms with Gasteiger partial charge in [0.15, 0.2) is 11.6 Å². The van der Waals surface area contributed by atoms with Gasteiger partial charge < -0.3 is 9.84 Å². The van der Waals surface area contributed by atoms with Crippen molar-refractivity contribution < 1.29 is 14.2 Å². The quantitative estimate of drug-likeness (QED) is 0.930. The standard InChI is InChI=1S/C12H10ClFN2O2/c1-7-15-5-8(6-17)12(16-7)18-10-4-2-3-9(13)11(10)14/h2-5,17H,6H2,1H3. The molecule has 6 heteroatoms. The molecule has 0 aliphatic rings. The highest BCUT2D eigenvalue weighted by Gasteiger charge is 2.12. The van der Waals surface area contributed by atoms with Crippen molar-refractivity contribution in [2.75, 3.05) is 0 Å². The summed E-state index contributed by atoms with van der Waals surface area (Å²) in [5.41, 5.74) is 0.375. The first-order valence-electron chi connectivity index (χ1n) is 5.17. The zero-order valence-corrected chi connectivity index (χ0v) is 10.3. The van der Waals surface area contributed by atoms with Crippen molar-refractivity contribution in [1.82, 2.24) is 9.97 Å². The Hall–Kier alpha value is -1.72. The number of rotatable bonds is 3. The van der Waals surface area contributed by atoms with E-state index in [1.165, 1.54) is 18.3 Å². The van der Waals surface area contributed by atoms with Crippen molar-refractivity contribution in [3.05, 3.63) is 46.6 Å².